The van der Waals surface area contributed by atoms with Crippen molar-refractivity contribution in [1.29, 1.82) is 0 Å². The smallest absolute Gasteiger partial charge is 0.246 e. The van der Waals surface area contributed by atoms with Gasteiger partial charge in [-0.3, -0.25) is 9.58 Å². The number of halogens is 1. The average Bonchev–Trinajstić information content (AvgIpc) is 2.89. The molecule has 2 heterocycles. The molecule has 1 fully saturated rings. The maximum atomic E-state index is 13.4. The number of nitrogens with zero attached hydrogens (tertiary/aromatic N) is 4. The molecule has 1 saturated heterocycles. The molecule has 1 aliphatic heterocycles. The lowest BCUT2D eigenvalue weighted by Crippen LogP contribution is -2.36. The monoisotopic (exact) mass is 394 g/mol. The van der Waals surface area contributed by atoms with Crippen LogP contribution in [0.1, 0.15) is 36.2 Å². The summed E-state index contributed by atoms with van der Waals surface area (Å²) in [6.45, 7) is 5.67. The fourth-order valence-corrected chi connectivity index (χ4v) is 5.54. The second-order valence-corrected chi connectivity index (χ2v) is 9.12. The van der Waals surface area contributed by atoms with E-state index in [2.05, 4.69) is 5.10 Å². The number of aromatic nitrogens is 2. The Bertz CT molecular complexity index is 904. The molecule has 0 spiro atoms. The van der Waals surface area contributed by atoms with E-state index in [4.69, 9.17) is 0 Å². The van der Waals surface area contributed by atoms with E-state index >= 15 is 0 Å². The van der Waals surface area contributed by atoms with E-state index in [1.54, 1.807) is 28.9 Å². The van der Waals surface area contributed by atoms with Crippen LogP contribution < -0.4 is 0 Å². The molecule has 0 N–H and O–H groups in total. The summed E-state index contributed by atoms with van der Waals surface area (Å²) in [4.78, 5) is 2.30. The molecule has 0 amide bonds. The third-order valence-corrected chi connectivity index (χ3v) is 7.10. The highest BCUT2D eigenvalue weighted by Crippen LogP contribution is 2.26. The lowest BCUT2D eigenvalue weighted by Gasteiger charge is -2.26. The van der Waals surface area contributed by atoms with Crippen LogP contribution in [0.25, 0.3) is 0 Å². The largest absolute Gasteiger partial charge is 0.283 e. The first-order valence-electron chi connectivity index (χ1n) is 9.26. The van der Waals surface area contributed by atoms with Gasteiger partial charge in [0.15, 0.2) is 0 Å². The Hall–Kier alpha value is -1.77. The number of aryl methyl sites for hydroxylation is 1. The van der Waals surface area contributed by atoms with Crippen LogP contribution in [0.2, 0.25) is 0 Å². The standard InChI is InChI=1S/C19H27FN4O2S/c1-15-19(27(25,26)23-10-5-4-6-11-23)16(2)24(21-15)14-22(3)13-17-8-7-9-18(20)12-17/h7-9,12H,4-6,10-11,13-14H2,1-3H3. The summed E-state index contributed by atoms with van der Waals surface area (Å²) in [6, 6.07) is 6.48. The van der Waals surface area contributed by atoms with Crippen molar-refractivity contribution in [3.63, 3.8) is 0 Å². The summed E-state index contributed by atoms with van der Waals surface area (Å²) in [5, 5.41) is 4.47. The van der Waals surface area contributed by atoms with Gasteiger partial charge in [-0.25, -0.2) is 12.8 Å². The molecule has 0 bridgehead atoms. The quantitative estimate of drug-likeness (QED) is 0.756. The van der Waals surface area contributed by atoms with Crippen molar-refractivity contribution in [2.24, 2.45) is 0 Å². The van der Waals surface area contributed by atoms with Crippen LogP contribution in [0.5, 0.6) is 0 Å². The van der Waals surface area contributed by atoms with Gasteiger partial charge in [0.2, 0.25) is 10.0 Å². The van der Waals surface area contributed by atoms with Crippen molar-refractivity contribution in [3.8, 4) is 0 Å². The van der Waals surface area contributed by atoms with Crippen LogP contribution in [0, 0.1) is 19.7 Å². The van der Waals surface area contributed by atoms with Gasteiger partial charge < -0.3 is 0 Å². The van der Waals surface area contributed by atoms with Gasteiger partial charge in [0.1, 0.15) is 10.7 Å². The minimum absolute atomic E-state index is 0.262. The lowest BCUT2D eigenvalue weighted by molar-refractivity contribution is 0.242. The third kappa shape index (κ3) is 4.39. The molecule has 0 unspecified atom stereocenters. The number of sulfonamides is 1. The summed E-state index contributed by atoms with van der Waals surface area (Å²) in [5.41, 5.74) is 2.03. The van der Waals surface area contributed by atoms with Gasteiger partial charge in [-0.15, -0.1) is 0 Å². The van der Waals surface area contributed by atoms with Gasteiger partial charge in [0.25, 0.3) is 0 Å². The maximum absolute atomic E-state index is 13.4. The maximum Gasteiger partial charge on any atom is 0.246 e. The van der Waals surface area contributed by atoms with Crippen LogP contribution in [-0.2, 0) is 23.2 Å². The van der Waals surface area contributed by atoms with Crippen molar-refractivity contribution in [1.82, 2.24) is 19.0 Å². The van der Waals surface area contributed by atoms with E-state index in [-0.39, 0.29) is 5.82 Å². The van der Waals surface area contributed by atoms with E-state index in [1.807, 2.05) is 18.0 Å². The molecule has 1 aliphatic rings. The first-order chi connectivity index (χ1) is 12.8. The van der Waals surface area contributed by atoms with Crippen molar-refractivity contribution in [3.05, 3.63) is 47.0 Å². The van der Waals surface area contributed by atoms with E-state index < -0.39 is 10.0 Å². The molecule has 148 valence electrons. The fourth-order valence-electron chi connectivity index (χ4n) is 3.65. The van der Waals surface area contributed by atoms with Gasteiger partial charge in [-0.2, -0.15) is 9.40 Å². The van der Waals surface area contributed by atoms with Crippen LogP contribution in [0.4, 0.5) is 4.39 Å². The zero-order valence-corrected chi connectivity index (χ0v) is 17.0. The highest BCUT2D eigenvalue weighted by molar-refractivity contribution is 7.89. The van der Waals surface area contributed by atoms with Gasteiger partial charge in [-0.05, 0) is 51.4 Å². The minimum atomic E-state index is -3.52. The van der Waals surface area contributed by atoms with Crippen LogP contribution >= 0.6 is 0 Å². The highest BCUT2D eigenvalue weighted by Gasteiger charge is 2.31. The summed E-state index contributed by atoms with van der Waals surface area (Å²) < 4.78 is 42.8. The molecule has 3 rings (SSSR count). The zero-order chi connectivity index (χ0) is 19.6. The number of hydrogen-bond acceptors (Lipinski definition) is 4. The summed E-state index contributed by atoms with van der Waals surface area (Å²) in [6.07, 6.45) is 2.89. The Kier molecular flexibility index (Phi) is 5.98. The number of hydrogen-bond donors (Lipinski definition) is 0. The second-order valence-electron chi connectivity index (χ2n) is 7.25. The summed E-state index contributed by atoms with van der Waals surface area (Å²) >= 11 is 0. The van der Waals surface area contributed by atoms with Crippen LogP contribution in [-0.4, -0.2) is 47.5 Å². The zero-order valence-electron chi connectivity index (χ0n) is 16.2. The Balaban J connectivity index is 1.79. The van der Waals surface area contributed by atoms with E-state index in [0.29, 0.717) is 42.6 Å². The number of rotatable bonds is 6. The van der Waals surface area contributed by atoms with Crippen molar-refractivity contribution in [2.45, 2.75) is 51.2 Å². The first-order valence-corrected chi connectivity index (χ1v) is 10.7. The number of piperidine rings is 1. The molecule has 27 heavy (non-hydrogen) atoms. The Morgan fingerprint density at radius 1 is 1.19 bits per heavy atom. The van der Waals surface area contributed by atoms with Crippen LogP contribution in [0.3, 0.4) is 0 Å². The Morgan fingerprint density at radius 2 is 1.89 bits per heavy atom. The number of benzene rings is 1. The van der Waals surface area contributed by atoms with Crippen molar-refractivity contribution < 1.29 is 12.8 Å². The summed E-state index contributed by atoms with van der Waals surface area (Å²) in [7, 11) is -1.62. The second kappa shape index (κ2) is 8.08. The minimum Gasteiger partial charge on any atom is -0.283 e. The Labute approximate surface area is 160 Å². The van der Waals surface area contributed by atoms with E-state index in [1.165, 1.54) is 12.1 Å². The Morgan fingerprint density at radius 3 is 2.56 bits per heavy atom. The lowest BCUT2D eigenvalue weighted by atomic mass is 10.2. The molecule has 0 atom stereocenters. The van der Waals surface area contributed by atoms with E-state index in [9.17, 15) is 12.8 Å². The molecule has 0 saturated carbocycles. The van der Waals surface area contributed by atoms with Crippen molar-refractivity contribution in [2.75, 3.05) is 20.1 Å². The third-order valence-electron chi connectivity index (χ3n) is 4.94. The molecular formula is C19H27FN4O2S. The molecule has 6 nitrogen and oxygen atoms in total. The molecule has 0 radical (unpaired) electrons. The topological polar surface area (TPSA) is 58.4 Å². The van der Waals surface area contributed by atoms with Gasteiger partial charge in [0.05, 0.1) is 18.1 Å². The summed E-state index contributed by atoms with van der Waals surface area (Å²) in [5.74, 6) is -0.262. The predicted octanol–water partition coefficient (Wildman–Crippen LogP) is 2.90. The molecule has 2 aromatic rings. The highest BCUT2D eigenvalue weighted by atomic mass is 32.2. The normalized spacial score (nSPS) is 16.2. The van der Waals surface area contributed by atoms with Gasteiger partial charge >= 0.3 is 0 Å². The molecular weight excluding hydrogens is 367 g/mol. The van der Waals surface area contributed by atoms with Crippen LogP contribution in [0.15, 0.2) is 29.2 Å². The van der Waals surface area contributed by atoms with Gasteiger partial charge in [0, 0.05) is 19.6 Å². The SMILES string of the molecule is Cc1nn(CN(C)Cc2cccc(F)c2)c(C)c1S(=O)(=O)N1CCCCC1. The molecule has 1 aromatic heterocycles. The van der Waals surface area contributed by atoms with Crippen molar-refractivity contribution >= 4 is 10.0 Å². The predicted molar refractivity (Wildman–Crippen MR) is 102 cm³/mol. The van der Waals surface area contributed by atoms with Gasteiger partial charge in [-0.1, -0.05) is 18.6 Å². The molecule has 1 aromatic carbocycles. The molecule has 8 heteroatoms. The van der Waals surface area contributed by atoms with E-state index in [0.717, 1.165) is 24.8 Å². The average molecular weight is 395 g/mol. The fraction of sp³-hybridized carbons (Fsp3) is 0.526. The first kappa shape index (κ1) is 20.0. The molecule has 0 aliphatic carbocycles.